The molecular formula is C28H28ClN3O3. The number of carboxylic acid groups (broad SMARTS) is 1. The Balaban J connectivity index is 2.02. The number of halogens is 1. The van der Waals surface area contributed by atoms with Crippen LogP contribution in [0.5, 0.6) is 0 Å². The number of aromatic nitrogens is 2. The molecule has 0 bridgehead atoms. The number of carbonyl (C=O) groups is 1. The largest absolute Gasteiger partial charge is 0.476 e. The van der Waals surface area contributed by atoms with Gasteiger partial charge in [0, 0.05) is 12.0 Å². The van der Waals surface area contributed by atoms with E-state index >= 15 is 0 Å². The molecule has 0 fully saturated rings. The highest BCUT2D eigenvalue weighted by atomic mass is 35.5. The zero-order valence-corrected chi connectivity index (χ0v) is 21.1. The first-order valence-electron chi connectivity index (χ1n) is 11.7. The molecule has 2 aromatic rings. The molecule has 1 N–H and O–H groups in total. The fraction of sp³-hybridized carbons (Fsp3) is 0.321. The Morgan fingerprint density at radius 3 is 2.51 bits per heavy atom. The van der Waals surface area contributed by atoms with Gasteiger partial charge in [-0.05, 0) is 57.9 Å². The molecule has 0 atom stereocenters. The van der Waals surface area contributed by atoms with Crippen LogP contribution in [0.4, 0.5) is 0 Å². The highest BCUT2D eigenvalue weighted by molar-refractivity contribution is 6.32. The zero-order valence-electron chi connectivity index (χ0n) is 20.4. The smallest absolute Gasteiger partial charge is 0.355 e. The van der Waals surface area contributed by atoms with Crippen LogP contribution in [-0.2, 0) is 18.4 Å². The van der Waals surface area contributed by atoms with E-state index < -0.39 is 5.97 Å². The summed E-state index contributed by atoms with van der Waals surface area (Å²) in [5, 5.41) is 19.3. The quantitative estimate of drug-likeness (QED) is 0.297. The van der Waals surface area contributed by atoms with Crippen molar-refractivity contribution in [3.8, 4) is 28.3 Å². The molecule has 1 aliphatic carbocycles. The van der Waals surface area contributed by atoms with Crippen LogP contribution in [0.25, 0.3) is 22.3 Å². The second-order valence-corrected chi connectivity index (χ2v) is 10.1. The van der Waals surface area contributed by atoms with Crippen molar-refractivity contribution >= 4 is 17.6 Å². The maximum Gasteiger partial charge on any atom is 0.355 e. The van der Waals surface area contributed by atoms with Crippen molar-refractivity contribution in [2.24, 2.45) is 0 Å². The topological polar surface area (TPSA) is 92.0 Å². The fourth-order valence-corrected chi connectivity index (χ4v) is 5.02. The van der Waals surface area contributed by atoms with E-state index in [1.54, 1.807) is 29.2 Å². The van der Waals surface area contributed by atoms with E-state index in [9.17, 15) is 15.2 Å². The van der Waals surface area contributed by atoms with Crippen LogP contribution in [0.3, 0.4) is 0 Å². The molecule has 0 saturated heterocycles. The van der Waals surface area contributed by atoms with Crippen LogP contribution >= 0.6 is 11.6 Å². The maximum absolute atomic E-state index is 12.2. The Bertz CT molecular complexity index is 1380. The third-order valence-electron chi connectivity index (χ3n) is 6.27. The molecule has 4 rings (SSSR count). The molecule has 7 heteroatoms. The summed E-state index contributed by atoms with van der Waals surface area (Å²) in [6.45, 7) is 8.82. The van der Waals surface area contributed by atoms with Gasteiger partial charge in [-0.25, -0.2) is 9.78 Å². The molecule has 2 heterocycles. The summed E-state index contributed by atoms with van der Waals surface area (Å²) in [4.78, 5) is 16.6. The first kappa shape index (κ1) is 24.6. The summed E-state index contributed by atoms with van der Waals surface area (Å²) in [6, 6.07) is 11.6. The number of carboxylic acids is 1. The lowest BCUT2D eigenvalue weighted by atomic mass is 9.82. The lowest BCUT2D eigenvalue weighted by Gasteiger charge is -2.22. The van der Waals surface area contributed by atoms with Crippen molar-refractivity contribution < 1.29 is 14.3 Å². The Labute approximate surface area is 210 Å². The van der Waals surface area contributed by atoms with E-state index in [0.717, 1.165) is 46.2 Å². The first-order valence-corrected chi connectivity index (χ1v) is 12.0. The van der Waals surface area contributed by atoms with Gasteiger partial charge in [0.25, 0.3) is 0 Å². The number of hydrogen-bond donors (Lipinski definition) is 1. The molecule has 0 spiro atoms. The van der Waals surface area contributed by atoms with Crippen molar-refractivity contribution in [1.82, 2.24) is 9.55 Å². The number of unbranched alkanes of at least 4 members (excludes halogenated alkanes) is 1. The van der Waals surface area contributed by atoms with Crippen LogP contribution in [-0.4, -0.2) is 20.6 Å². The maximum atomic E-state index is 12.2. The van der Waals surface area contributed by atoms with Gasteiger partial charge < -0.3 is 14.1 Å². The van der Waals surface area contributed by atoms with Crippen molar-refractivity contribution in [3.63, 3.8) is 0 Å². The molecule has 1 aromatic carbocycles. The van der Waals surface area contributed by atoms with Gasteiger partial charge in [-0.3, -0.25) is 0 Å². The molecule has 0 amide bonds. The Kier molecular flexibility index (Phi) is 6.73. The van der Waals surface area contributed by atoms with Crippen molar-refractivity contribution in [1.29, 1.82) is 5.26 Å². The summed E-state index contributed by atoms with van der Waals surface area (Å²) in [7, 11) is 0. The number of aromatic carboxylic acids is 1. The number of hydrogen-bond acceptors (Lipinski definition) is 4. The number of imidazole rings is 1. The van der Waals surface area contributed by atoms with Gasteiger partial charge in [0.1, 0.15) is 5.82 Å². The van der Waals surface area contributed by atoms with Gasteiger partial charge >= 0.3 is 5.97 Å². The molecule has 1 aliphatic heterocycles. The summed E-state index contributed by atoms with van der Waals surface area (Å²) in [6.07, 6.45) is 5.86. The third kappa shape index (κ3) is 4.56. The summed E-state index contributed by atoms with van der Waals surface area (Å²) in [5.41, 5.74) is 6.36. The predicted octanol–water partition coefficient (Wildman–Crippen LogP) is 7.16. The van der Waals surface area contributed by atoms with Gasteiger partial charge in [0.05, 0.1) is 30.7 Å². The number of fused-ring (bicyclic) bond motifs is 1. The first-order chi connectivity index (χ1) is 16.7. The SMILES string of the molecule is CCCCc1nc(Cl)c(C(=O)O)n1Cc1c2ccocc-2c(C(C)(C)C)c1-c1ccc(C#N)cc1. The molecular weight excluding hydrogens is 462 g/mol. The van der Waals surface area contributed by atoms with Gasteiger partial charge in [-0.15, -0.1) is 0 Å². The Hall–Kier alpha value is -3.56. The van der Waals surface area contributed by atoms with Gasteiger partial charge in [0.2, 0.25) is 0 Å². The minimum absolute atomic E-state index is 0.00387. The van der Waals surface area contributed by atoms with Gasteiger partial charge in [-0.2, -0.15) is 5.26 Å². The van der Waals surface area contributed by atoms with Crippen molar-refractivity contribution in [2.75, 3.05) is 0 Å². The third-order valence-corrected chi connectivity index (χ3v) is 6.53. The summed E-state index contributed by atoms with van der Waals surface area (Å²) < 4.78 is 7.32. The number of rotatable bonds is 7. The normalized spacial score (nSPS) is 11.7. The van der Waals surface area contributed by atoms with E-state index in [2.05, 4.69) is 38.7 Å². The molecule has 0 radical (unpaired) electrons. The molecule has 180 valence electrons. The number of nitrogens with zero attached hydrogens (tertiary/aromatic N) is 3. The molecule has 2 aliphatic rings. The zero-order chi connectivity index (χ0) is 25.3. The number of nitriles is 1. The van der Waals surface area contributed by atoms with E-state index in [4.69, 9.17) is 16.0 Å². The van der Waals surface area contributed by atoms with Crippen molar-refractivity contribution in [2.45, 2.75) is 58.9 Å². The van der Waals surface area contributed by atoms with Crippen LogP contribution < -0.4 is 0 Å². The Morgan fingerprint density at radius 2 is 1.91 bits per heavy atom. The molecule has 6 nitrogen and oxygen atoms in total. The van der Waals surface area contributed by atoms with E-state index in [-0.39, 0.29) is 16.3 Å². The highest BCUT2D eigenvalue weighted by Crippen LogP contribution is 2.48. The monoisotopic (exact) mass is 489 g/mol. The van der Waals surface area contributed by atoms with Crippen LogP contribution in [0.1, 0.15) is 73.5 Å². The van der Waals surface area contributed by atoms with Crippen molar-refractivity contribution in [3.05, 3.63) is 76.2 Å². The second-order valence-electron chi connectivity index (χ2n) is 9.71. The molecule has 0 saturated carbocycles. The van der Waals surface area contributed by atoms with Gasteiger partial charge in [0.15, 0.2) is 10.8 Å². The fourth-order valence-electron chi connectivity index (χ4n) is 4.74. The minimum atomic E-state index is -1.10. The standard InChI is InChI=1S/C28H28ClN3O3/c1-5-6-7-22-31-26(29)25(27(33)34)32(22)15-20-19-12-13-35-16-21(19)24(28(2,3)4)23(20)18-10-8-17(14-30)9-11-18/h8-13,16H,5-7,15H2,1-4H3,(H,33,34). The highest BCUT2D eigenvalue weighted by Gasteiger charge is 2.32. The average molecular weight is 490 g/mol. The van der Waals surface area contributed by atoms with Crippen LogP contribution in [0.15, 0.2) is 47.3 Å². The molecule has 0 unspecified atom stereocenters. The lowest BCUT2D eigenvalue weighted by molar-refractivity contribution is 0.0685. The number of aryl methyl sites for hydroxylation is 1. The molecule has 1 aromatic heterocycles. The summed E-state index contributed by atoms with van der Waals surface area (Å²) in [5.74, 6) is -0.445. The van der Waals surface area contributed by atoms with Gasteiger partial charge in [-0.1, -0.05) is 57.8 Å². The van der Waals surface area contributed by atoms with Crippen LogP contribution in [0.2, 0.25) is 5.15 Å². The second kappa shape index (κ2) is 9.59. The van der Waals surface area contributed by atoms with E-state index in [1.807, 2.05) is 18.2 Å². The average Bonchev–Trinajstić information content (AvgIpc) is 3.32. The lowest BCUT2D eigenvalue weighted by Crippen LogP contribution is -2.14. The summed E-state index contributed by atoms with van der Waals surface area (Å²) >= 11 is 6.32. The predicted molar refractivity (Wildman–Crippen MR) is 136 cm³/mol. The molecule has 35 heavy (non-hydrogen) atoms. The Morgan fingerprint density at radius 1 is 1.20 bits per heavy atom. The number of benzene rings is 1. The van der Waals surface area contributed by atoms with Crippen LogP contribution in [0, 0.1) is 11.3 Å². The van der Waals surface area contributed by atoms with E-state index in [0.29, 0.717) is 24.4 Å². The minimum Gasteiger partial charge on any atom is -0.476 e. The van der Waals surface area contributed by atoms with E-state index in [1.165, 1.54) is 0 Å².